The first-order valence-corrected chi connectivity index (χ1v) is 12.1. The minimum Gasteiger partial charge on any atom is -0.380 e. The number of nitrogens with zero attached hydrogens (tertiary/aromatic N) is 1. The summed E-state index contributed by atoms with van der Waals surface area (Å²) in [7, 11) is -4.02. The van der Waals surface area contributed by atoms with Crippen molar-refractivity contribution in [2.75, 3.05) is 24.3 Å². The van der Waals surface area contributed by atoms with Crippen molar-refractivity contribution < 1.29 is 35.5 Å². The first-order chi connectivity index (χ1) is 16.1. The van der Waals surface area contributed by atoms with Crippen molar-refractivity contribution in [3.05, 3.63) is 59.2 Å². The van der Waals surface area contributed by atoms with Crippen LogP contribution in [0.3, 0.4) is 0 Å². The average molecular weight is 517 g/mol. The van der Waals surface area contributed by atoms with Crippen LogP contribution < -0.4 is 10.6 Å². The topological polar surface area (TPSA) is 121 Å². The predicted octanol–water partition coefficient (Wildman–Crippen LogP) is 3.50. The average Bonchev–Trinajstić information content (AvgIpc) is 2.76. The number of nitrogens with one attached hydrogen (secondary N) is 3. The molecule has 13 heteroatoms. The van der Waals surface area contributed by atoms with Gasteiger partial charge < -0.3 is 15.4 Å². The number of benzene rings is 1. The molecule has 35 heavy (non-hydrogen) atoms. The Balaban J connectivity index is 1.95. The lowest BCUT2D eigenvalue weighted by Crippen LogP contribution is -2.66. The fourth-order valence-corrected chi connectivity index (χ4v) is 5.71. The Morgan fingerprint density at radius 2 is 1.97 bits per heavy atom. The second-order valence-corrected chi connectivity index (χ2v) is 10.9. The Morgan fingerprint density at radius 3 is 2.57 bits per heavy atom. The van der Waals surface area contributed by atoms with Crippen LogP contribution in [0.4, 0.5) is 23.2 Å². The van der Waals surface area contributed by atoms with Crippen LogP contribution >= 0.6 is 0 Å². The Labute approximate surface area is 199 Å². The van der Waals surface area contributed by atoms with Gasteiger partial charge in [-0.2, -0.15) is 13.2 Å². The third kappa shape index (κ3) is 5.01. The molecule has 1 aliphatic rings. The number of anilines is 1. The van der Waals surface area contributed by atoms with Gasteiger partial charge in [-0.25, -0.2) is 12.8 Å². The number of halogens is 4. The van der Waals surface area contributed by atoms with E-state index in [-0.39, 0.29) is 24.5 Å². The number of ether oxygens (including phenoxy) is 1. The maximum Gasteiger partial charge on any atom is 0.418 e. The molecule has 8 nitrogen and oxygen atoms in total. The third-order valence-corrected chi connectivity index (χ3v) is 8.48. The van der Waals surface area contributed by atoms with Crippen LogP contribution in [0, 0.1) is 11.2 Å². The van der Waals surface area contributed by atoms with Gasteiger partial charge in [0.2, 0.25) is 0 Å². The summed E-state index contributed by atoms with van der Waals surface area (Å²) in [6, 6.07) is 4.94. The highest BCUT2D eigenvalue weighted by atomic mass is 32.2. The minimum atomic E-state index is -4.82. The number of amidine groups is 1. The van der Waals surface area contributed by atoms with Crippen LogP contribution in [0.5, 0.6) is 0 Å². The van der Waals surface area contributed by atoms with E-state index >= 15 is 0 Å². The molecule has 3 rings (SSSR count). The molecule has 0 unspecified atom stereocenters. The maximum absolute atomic E-state index is 14.9. The molecule has 0 aliphatic carbocycles. The number of hydrogen-bond donors (Lipinski definition) is 3. The first kappa shape index (κ1) is 26.5. The van der Waals surface area contributed by atoms with E-state index in [9.17, 15) is 30.8 Å². The lowest BCUT2D eigenvalue weighted by molar-refractivity contribution is -0.138. The second-order valence-electron chi connectivity index (χ2n) is 8.51. The molecule has 1 aliphatic heterocycles. The molecule has 2 aromatic rings. The van der Waals surface area contributed by atoms with E-state index in [1.165, 1.54) is 13.8 Å². The van der Waals surface area contributed by atoms with Gasteiger partial charge in [0.1, 0.15) is 22.1 Å². The smallest absolute Gasteiger partial charge is 0.380 e. The van der Waals surface area contributed by atoms with Crippen molar-refractivity contribution in [2.24, 2.45) is 0 Å². The molecule has 2 heterocycles. The van der Waals surface area contributed by atoms with E-state index in [1.54, 1.807) is 6.92 Å². The van der Waals surface area contributed by atoms with Gasteiger partial charge in [0.15, 0.2) is 9.84 Å². The molecular weight excluding hydrogens is 492 g/mol. The predicted molar refractivity (Wildman–Crippen MR) is 120 cm³/mol. The molecule has 0 bridgehead atoms. The number of pyridine rings is 1. The van der Waals surface area contributed by atoms with Gasteiger partial charge in [0.25, 0.3) is 5.91 Å². The summed E-state index contributed by atoms with van der Waals surface area (Å²) in [6.07, 6.45) is -3.79. The lowest BCUT2D eigenvalue weighted by Gasteiger charge is -2.44. The molecule has 1 amide bonds. The van der Waals surface area contributed by atoms with E-state index in [0.717, 1.165) is 30.5 Å². The number of amides is 1. The number of carbonyl (C=O) groups is 1. The standard InChI is InChI=1S/C22H24F4N4O4S/c1-4-34-11-21(3)19(27)30-20(2,12-35(21,32)33)15-10-13(7-8-16(15)23)29-18(31)17-14(22(24,25)26)6-5-9-28-17/h5-10H,4,11-12H2,1-3H3,(H2,27,30)(H,29,31)/t20-,21-/m0/s1. The molecule has 0 spiro atoms. The van der Waals surface area contributed by atoms with Crippen LogP contribution in [-0.2, 0) is 26.3 Å². The molecule has 3 N–H and O–H groups in total. The Bertz CT molecular complexity index is 1270. The highest BCUT2D eigenvalue weighted by Crippen LogP contribution is 2.37. The zero-order valence-electron chi connectivity index (χ0n) is 19.1. The summed E-state index contributed by atoms with van der Waals surface area (Å²) in [5, 5.41) is 13.3. The van der Waals surface area contributed by atoms with Crippen molar-refractivity contribution in [1.29, 1.82) is 5.41 Å². The van der Waals surface area contributed by atoms with Gasteiger partial charge in [-0.05, 0) is 51.1 Å². The third-order valence-electron chi connectivity index (χ3n) is 5.82. The summed E-state index contributed by atoms with van der Waals surface area (Å²) in [5.41, 5.74) is -3.99. The van der Waals surface area contributed by atoms with Crippen LogP contribution in [0.2, 0.25) is 0 Å². The van der Waals surface area contributed by atoms with Crippen LogP contribution in [0.15, 0.2) is 36.5 Å². The summed E-state index contributed by atoms with van der Waals surface area (Å²) in [4.78, 5) is 16.1. The van der Waals surface area contributed by atoms with E-state index in [0.29, 0.717) is 6.07 Å². The lowest BCUT2D eigenvalue weighted by atomic mass is 9.91. The fraction of sp³-hybridized carbons (Fsp3) is 0.409. The molecule has 1 saturated heterocycles. The SMILES string of the molecule is CCOC[C@@]1(C)C(=N)N[C@](C)(c2cc(NC(=O)c3ncccc3C(F)(F)F)ccc2F)CS1(=O)=O. The molecule has 0 radical (unpaired) electrons. The maximum atomic E-state index is 14.9. The van der Waals surface area contributed by atoms with E-state index < -0.39 is 60.9 Å². The molecule has 190 valence electrons. The highest BCUT2D eigenvalue weighted by molar-refractivity contribution is 7.93. The molecule has 1 fully saturated rings. The van der Waals surface area contributed by atoms with Crippen molar-refractivity contribution >= 4 is 27.3 Å². The van der Waals surface area contributed by atoms with E-state index in [4.69, 9.17) is 10.1 Å². The Kier molecular flexibility index (Phi) is 6.97. The second kappa shape index (κ2) is 9.19. The van der Waals surface area contributed by atoms with Crippen molar-refractivity contribution in [1.82, 2.24) is 10.3 Å². The quantitative estimate of drug-likeness (QED) is 0.506. The molecule has 2 atom stereocenters. The van der Waals surface area contributed by atoms with Gasteiger partial charge in [0.05, 0.1) is 23.5 Å². The van der Waals surface area contributed by atoms with Crippen molar-refractivity contribution in [3.63, 3.8) is 0 Å². The molecule has 1 aromatic heterocycles. The fourth-order valence-electron chi connectivity index (χ4n) is 3.77. The monoisotopic (exact) mass is 516 g/mol. The van der Waals surface area contributed by atoms with Gasteiger partial charge in [-0.3, -0.25) is 15.2 Å². The number of aromatic nitrogens is 1. The normalized spacial score (nSPS) is 24.0. The van der Waals surface area contributed by atoms with Gasteiger partial charge in [0, 0.05) is 24.1 Å². The number of alkyl halides is 3. The summed E-state index contributed by atoms with van der Waals surface area (Å²) in [6.45, 7) is 4.36. The summed E-state index contributed by atoms with van der Waals surface area (Å²) >= 11 is 0. The van der Waals surface area contributed by atoms with E-state index in [2.05, 4.69) is 15.6 Å². The zero-order chi connectivity index (χ0) is 26.2. The van der Waals surface area contributed by atoms with E-state index in [1.807, 2.05) is 0 Å². The van der Waals surface area contributed by atoms with Crippen molar-refractivity contribution in [3.8, 4) is 0 Å². The van der Waals surface area contributed by atoms with Gasteiger partial charge in [-0.1, -0.05) is 0 Å². The Hall–Kier alpha value is -3.06. The number of carbonyl (C=O) groups excluding carboxylic acids is 1. The minimum absolute atomic E-state index is 0.0835. The first-order valence-electron chi connectivity index (χ1n) is 10.5. The molecule has 1 aromatic carbocycles. The van der Waals surface area contributed by atoms with Crippen LogP contribution in [0.25, 0.3) is 0 Å². The number of hydrogen-bond acceptors (Lipinski definition) is 6. The van der Waals surface area contributed by atoms with Crippen LogP contribution in [-0.4, -0.2) is 48.9 Å². The highest BCUT2D eigenvalue weighted by Gasteiger charge is 2.54. The van der Waals surface area contributed by atoms with Crippen LogP contribution in [0.1, 0.15) is 42.4 Å². The largest absolute Gasteiger partial charge is 0.418 e. The van der Waals surface area contributed by atoms with Gasteiger partial charge >= 0.3 is 6.18 Å². The Morgan fingerprint density at radius 1 is 1.29 bits per heavy atom. The molecule has 0 saturated carbocycles. The zero-order valence-corrected chi connectivity index (χ0v) is 19.9. The van der Waals surface area contributed by atoms with Crippen molar-refractivity contribution in [2.45, 2.75) is 37.2 Å². The summed E-state index contributed by atoms with van der Waals surface area (Å²) in [5.74, 6) is -3.00. The number of rotatable bonds is 6. The summed E-state index contributed by atoms with van der Waals surface area (Å²) < 4.78 is 84.4. The van der Waals surface area contributed by atoms with Gasteiger partial charge in [-0.15, -0.1) is 0 Å². The number of sulfone groups is 1. The molecular formula is C22H24F4N4O4S.